The number of fused-ring (bicyclic) bond motifs is 1. The van der Waals surface area contributed by atoms with E-state index < -0.39 is 26.6 Å². The van der Waals surface area contributed by atoms with Gasteiger partial charge < -0.3 is 5.32 Å². The monoisotopic (exact) mass is 562 g/mol. The van der Waals surface area contributed by atoms with E-state index in [1.54, 1.807) is 23.1 Å². The number of piperidine rings is 1. The Balaban J connectivity index is 1.45. The van der Waals surface area contributed by atoms with Crippen LogP contribution >= 0.6 is 15.9 Å². The quantitative estimate of drug-likeness (QED) is 0.375. The summed E-state index contributed by atoms with van der Waals surface area (Å²) in [6.45, 7) is 0.930. The Kier molecular flexibility index (Phi) is 6.51. The van der Waals surface area contributed by atoms with E-state index in [4.69, 9.17) is 4.98 Å². The molecule has 1 saturated heterocycles. The molecular formula is C23H21BrF2N6O2S. The molecule has 182 valence electrons. The summed E-state index contributed by atoms with van der Waals surface area (Å²) in [4.78, 5) is 8.49. The van der Waals surface area contributed by atoms with Crippen molar-refractivity contribution in [3.63, 3.8) is 0 Å². The predicted octanol–water partition coefficient (Wildman–Crippen LogP) is 4.35. The zero-order chi connectivity index (χ0) is 24.6. The van der Waals surface area contributed by atoms with Gasteiger partial charge in [0.1, 0.15) is 17.5 Å². The standard InChI is InChI=1S/C23H21BrF2N6O2S/c24-20-13-29-32-22(28-12-15-3-1-5-27-11-15)10-21(30-23(20)32)16-4-2-6-31(14-16)35(33,34)19-8-17(25)7-18(26)9-19/h1,3,5,7-11,13,16,28H,2,4,6,12,14H2. The Morgan fingerprint density at radius 1 is 1.14 bits per heavy atom. The Hall–Kier alpha value is -2.96. The van der Waals surface area contributed by atoms with Crippen LogP contribution in [0.25, 0.3) is 5.65 Å². The molecule has 0 saturated carbocycles. The summed E-state index contributed by atoms with van der Waals surface area (Å²) in [5.74, 6) is -1.37. The molecule has 1 unspecified atom stereocenters. The van der Waals surface area contributed by atoms with Crippen molar-refractivity contribution in [1.82, 2.24) is 23.9 Å². The molecule has 4 aromatic rings. The van der Waals surface area contributed by atoms with Crippen LogP contribution in [0.1, 0.15) is 30.0 Å². The fourth-order valence-corrected chi connectivity index (χ4v) is 6.13. The van der Waals surface area contributed by atoms with Gasteiger partial charge in [-0.1, -0.05) is 6.07 Å². The average Bonchev–Trinajstić information content (AvgIpc) is 3.23. The number of nitrogens with zero attached hydrogens (tertiary/aromatic N) is 5. The third-order valence-corrected chi connectivity index (χ3v) is 8.32. The number of nitrogens with one attached hydrogen (secondary N) is 1. The van der Waals surface area contributed by atoms with Crippen molar-refractivity contribution in [2.24, 2.45) is 0 Å². The maximum Gasteiger partial charge on any atom is 0.243 e. The van der Waals surface area contributed by atoms with Crippen LogP contribution in [-0.2, 0) is 16.6 Å². The second-order valence-electron chi connectivity index (χ2n) is 8.32. The van der Waals surface area contributed by atoms with Gasteiger partial charge in [0.2, 0.25) is 10.0 Å². The first-order chi connectivity index (χ1) is 16.8. The van der Waals surface area contributed by atoms with Gasteiger partial charge in [-0.15, -0.1) is 0 Å². The Bertz CT molecular complexity index is 1460. The number of rotatable bonds is 6. The van der Waals surface area contributed by atoms with Crippen molar-refractivity contribution in [3.05, 3.63) is 82.4 Å². The number of aromatic nitrogens is 4. The van der Waals surface area contributed by atoms with E-state index in [9.17, 15) is 17.2 Å². The van der Waals surface area contributed by atoms with Crippen LogP contribution in [0.2, 0.25) is 0 Å². The first-order valence-electron chi connectivity index (χ1n) is 10.9. The van der Waals surface area contributed by atoms with Crippen molar-refractivity contribution >= 4 is 37.4 Å². The van der Waals surface area contributed by atoms with Crippen molar-refractivity contribution in [1.29, 1.82) is 0 Å². The van der Waals surface area contributed by atoms with Crippen molar-refractivity contribution < 1.29 is 17.2 Å². The van der Waals surface area contributed by atoms with E-state index in [0.29, 0.717) is 40.7 Å². The lowest BCUT2D eigenvalue weighted by atomic mass is 9.96. The molecule has 0 spiro atoms. The Morgan fingerprint density at radius 2 is 1.94 bits per heavy atom. The minimum Gasteiger partial charge on any atom is -0.366 e. The van der Waals surface area contributed by atoms with Crippen molar-refractivity contribution in [2.75, 3.05) is 18.4 Å². The molecule has 8 nitrogen and oxygen atoms in total. The van der Waals surface area contributed by atoms with Gasteiger partial charge in [0, 0.05) is 50.1 Å². The summed E-state index contributed by atoms with van der Waals surface area (Å²) in [7, 11) is -4.07. The van der Waals surface area contributed by atoms with Gasteiger partial charge in [-0.2, -0.15) is 13.9 Å². The molecule has 0 bridgehead atoms. The average molecular weight is 563 g/mol. The van der Waals surface area contributed by atoms with E-state index in [2.05, 4.69) is 31.3 Å². The SMILES string of the molecule is O=S(=O)(c1cc(F)cc(F)c1)N1CCCC(c2cc(NCc3cccnc3)n3ncc(Br)c3n2)C1. The summed E-state index contributed by atoms with van der Waals surface area (Å²) in [6, 6.07) is 8.02. The molecular weight excluding hydrogens is 542 g/mol. The largest absolute Gasteiger partial charge is 0.366 e. The number of halogens is 3. The molecule has 3 aromatic heterocycles. The molecule has 4 heterocycles. The number of hydrogen-bond acceptors (Lipinski definition) is 6. The predicted molar refractivity (Wildman–Crippen MR) is 129 cm³/mol. The van der Waals surface area contributed by atoms with Crippen molar-refractivity contribution in [3.8, 4) is 0 Å². The fourth-order valence-electron chi connectivity index (χ4n) is 4.21. The number of benzene rings is 1. The highest BCUT2D eigenvalue weighted by atomic mass is 79.9. The van der Waals surface area contributed by atoms with Crippen LogP contribution < -0.4 is 5.32 Å². The zero-order valence-electron chi connectivity index (χ0n) is 18.4. The number of hydrogen-bond donors (Lipinski definition) is 1. The molecule has 1 aliphatic heterocycles. The highest BCUT2D eigenvalue weighted by Crippen LogP contribution is 2.32. The molecule has 1 aromatic carbocycles. The molecule has 0 amide bonds. The normalized spacial score (nSPS) is 17.1. The molecule has 1 aliphatic rings. The summed E-state index contributed by atoms with van der Waals surface area (Å²) in [5.41, 5.74) is 2.29. The van der Waals surface area contributed by atoms with E-state index in [0.717, 1.165) is 24.1 Å². The topological polar surface area (TPSA) is 92.5 Å². The first-order valence-corrected chi connectivity index (χ1v) is 13.2. The van der Waals surface area contributed by atoms with Gasteiger partial charge in [-0.05, 0) is 52.5 Å². The maximum atomic E-state index is 13.7. The van der Waals surface area contributed by atoms with Gasteiger partial charge in [-0.25, -0.2) is 22.2 Å². The van der Waals surface area contributed by atoms with Crippen LogP contribution in [-0.4, -0.2) is 45.4 Å². The molecule has 0 aliphatic carbocycles. The zero-order valence-corrected chi connectivity index (χ0v) is 20.8. The third-order valence-electron chi connectivity index (χ3n) is 5.92. The summed E-state index contributed by atoms with van der Waals surface area (Å²) in [6.07, 6.45) is 6.44. The third kappa shape index (κ3) is 4.91. The fraction of sp³-hybridized carbons (Fsp3) is 0.261. The highest BCUT2D eigenvalue weighted by Gasteiger charge is 2.32. The van der Waals surface area contributed by atoms with Crippen LogP contribution in [0.15, 0.2) is 64.4 Å². The lowest BCUT2D eigenvalue weighted by Gasteiger charge is -2.32. The summed E-state index contributed by atoms with van der Waals surface area (Å²) >= 11 is 3.48. The lowest BCUT2D eigenvalue weighted by Crippen LogP contribution is -2.39. The Labute approximate surface area is 209 Å². The second kappa shape index (κ2) is 9.59. The highest BCUT2D eigenvalue weighted by molar-refractivity contribution is 9.10. The van der Waals surface area contributed by atoms with E-state index >= 15 is 0 Å². The lowest BCUT2D eigenvalue weighted by molar-refractivity contribution is 0.312. The molecule has 12 heteroatoms. The molecule has 1 fully saturated rings. The van der Waals surface area contributed by atoms with E-state index in [1.807, 2.05) is 18.2 Å². The molecule has 0 radical (unpaired) electrons. The van der Waals surface area contributed by atoms with Gasteiger partial charge in [-0.3, -0.25) is 4.98 Å². The van der Waals surface area contributed by atoms with Gasteiger partial charge >= 0.3 is 0 Å². The minimum absolute atomic E-state index is 0.150. The molecule has 1 atom stereocenters. The second-order valence-corrected chi connectivity index (χ2v) is 11.1. The molecule has 35 heavy (non-hydrogen) atoms. The van der Waals surface area contributed by atoms with Gasteiger partial charge in [0.15, 0.2) is 5.65 Å². The van der Waals surface area contributed by atoms with Crippen LogP contribution in [0.3, 0.4) is 0 Å². The van der Waals surface area contributed by atoms with Gasteiger partial charge in [0.05, 0.1) is 21.3 Å². The van der Waals surface area contributed by atoms with Crippen molar-refractivity contribution in [2.45, 2.75) is 30.2 Å². The van der Waals surface area contributed by atoms with E-state index in [-0.39, 0.29) is 19.0 Å². The number of sulfonamides is 1. The van der Waals surface area contributed by atoms with Crippen LogP contribution in [0, 0.1) is 11.6 Å². The molecule has 1 N–H and O–H groups in total. The van der Waals surface area contributed by atoms with Crippen LogP contribution in [0.4, 0.5) is 14.6 Å². The number of pyridine rings is 1. The van der Waals surface area contributed by atoms with E-state index in [1.165, 1.54) is 4.31 Å². The summed E-state index contributed by atoms with van der Waals surface area (Å²) in [5, 5.41) is 7.74. The summed E-state index contributed by atoms with van der Waals surface area (Å²) < 4.78 is 57.4. The Morgan fingerprint density at radius 3 is 2.69 bits per heavy atom. The number of anilines is 1. The first kappa shape index (κ1) is 23.8. The van der Waals surface area contributed by atoms with Gasteiger partial charge in [0.25, 0.3) is 0 Å². The molecule has 5 rings (SSSR count). The minimum atomic E-state index is -4.07. The maximum absolute atomic E-state index is 13.7. The van der Waals surface area contributed by atoms with Crippen LogP contribution in [0.5, 0.6) is 0 Å². The smallest absolute Gasteiger partial charge is 0.243 e.